The average Bonchev–Trinajstić information content (AvgIpc) is 2.60. The van der Waals surface area contributed by atoms with E-state index in [2.05, 4.69) is 20.8 Å². The molecule has 24 heavy (non-hydrogen) atoms. The number of hydrogen-bond acceptors (Lipinski definition) is 2. The van der Waals surface area contributed by atoms with Crippen molar-refractivity contribution < 1.29 is 9.47 Å². The van der Waals surface area contributed by atoms with Gasteiger partial charge in [-0.25, -0.2) is 0 Å². The zero-order valence-corrected chi connectivity index (χ0v) is 16.9. The fourth-order valence-corrected chi connectivity index (χ4v) is 3.69. The molecule has 0 unspecified atom stereocenters. The molecular weight excluding hydrogens is 296 g/mol. The highest BCUT2D eigenvalue weighted by Crippen LogP contribution is 2.32. The van der Waals surface area contributed by atoms with Gasteiger partial charge in [0.2, 0.25) is 0 Å². The zero-order chi connectivity index (χ0) is 17.5. The van der Waals surface area contributed by atoms with Gasteiger partial charge in [-0.15, -0.1) is 0 Å². The first kappa shape index (κ1) is 22.0. The largest absolute Gasteiger partial charge is 0.352 e. The van der Waals surface area contributed by atoms with Gasteiger partial charge in [-0.05, 0) is 31.6 Å². The monoisotopic (exact) mass is 340 g/mol. The molecule has 0 aromatic carbocycles. The second kappa shape index (κ2) is 15.2. The van der Waals surface area contributed by atoms with Crippen LogP contribution in [-0.4, -0.2) is 19.5 Å². The fourth-order valence-electron chi connectivity index (χ4n) is 3.69. The molecule has 2 heteroatoms. The summed E-state index contributed by atoms with van der Waals surface area (Å²) >= 11 is 0. The van der Waals surface area contributed by atoms with Crippen molar-refractivity contribution in [1.82, 2.24) is 0 Å². The van der Waals surface area contributed by atoms with E-state index < -0.39 is 0 Å². The standard InChI is InChI=1S/C22H44O2/c1-4-6-8-10-12-18-23-22(21-16-14-20(3)15-17-21)24-19-13-11-9-7-5-2/h20-22H,4-19H2,1-3H3. The molecule has 0 atom stereocenters. The van der Waals surface area contributed by atoms with Crippen LogP contribution in [0.25, 0.3) is 0 Å². The molecule has 2 nitrogen and oxygen atoms in total. The van der Waals surface area contributed by atoms with Crippen LogP contribution in [0.3, 0.4) is 0 Å². The van der Waals surface area contributed by atoms with Crippen LogP contribution >= 0.6 is 0 Å². The molecular formula is C22H44O2. The van der Waals surface area contributed by atoms with Gasteiger partial charge in [-0.1, -0.05) is 85.0 Å². The number of hydrogen-bond donors (Lipinski definition) is 0. The highest BCUT2D eigenvalue weighted by atomic mass is 16.7. The Kier molecular flexibility index (Phi) is 13.9. The molecule has 1 aliphatic rings. The summed E-state index contributed by atoms with van der Waals surface area (Å²) in [5.74, 6) is 1.53. The summed E-state index contributed by atoms with van der Waals surface area (Å²) in [7, 11) is 0. The molecule has 0 aromatic rings. The minimum Gasteiger partial charge on any atom is -0.352 e. The Balaban J connectivity index is 2.22. The lowest BCUT2D eigenvalue weighted by molar-refractivity contribution is -0.180. The Bertz CT molecular complexity index is 243. The Morgan fingerprint density at radius 2 is 1.12 bits per heavy atom. The van der Waals surface area contributed by atoms with Crippen molar-refractivity contribution in [2.24, 2.45) is 11.8 Å². The van der Waals surface area contributed by atoms with Gasteiger partial charge in [-0.3, -0.25) is 0 Å². The van der Waals surface area contributed by atoms with Gasteiger partial charge in [0, 0.05) is 19.1 Å². The van der Waals surface area contributed by atoms with Crippen LogP contribution in [0.1, 0.15) is 111 Å². The summed E-state index contributed by atoms with van der Waals surface area (Å²) in [5.41, 5.74) is 0. The molecule has 1 rings (SSSR count). The van der Waals surface area contributed by atoms with Crippen molar-refractivity contribution in [3.05, 3.63) is 0 Å². The number of ether oxygens (including phenoxy) is 2. The molecule has 0 bridgehead atoms. The summed E-state index contributed by atoms with van der Waals surface area (Å²) in [4.78, 5) is 0. The molecule has 0 spiro atoms. The smallest absolute Gasteiger partial charge is 0.160 e. The van der Waals surface area contributed by atoms with Gasteiger partial charge in [0.25, 0.3) is 0 Å². The Morgan fingerprint density at radius 3 is 1.58 bits per heavy atom. The first-order valence-corrected chi connectivity index (χ1v) is 11.0. The van der Waals surface area contributed by atoms with E-state index in [1.165, 1.54) is 89.9 Å². The molecule has 0 heterocycles. The molecule has 0 aromatic heterocycles. The van der Waals surface area contributed by atoms with Crippen LogP contribution in [0.5, 0.6) is 0 Å². The van der Waals surface area contributed by atoms with E-state index in [0.29, 0.717) is 5.92 Å². The van der Waals surface area contributed by atoms with Crippen LogP contribution < -0.4 is 0 Å². The SMILES string of the molecule is CCCCCCCOC(OCCCCCCC)C1CCC(C)CC1. The Hall–Kier alpha value is -0.0800. The molecule has 1 aliphatic carbocycles. The van der Waals surface area contributed by atoms with E-state index in [9.17, 15) is 0 Å². The summed E-state index contributed by atoms with van der Waals surface area (Å²) < 4.78 is 12.4. The summed E-state index contributed by atoms with van der Waals surface area (Å²) in [6.45, 7) is 8.69. The normalized spacial score (nSPS) is 21.5. The van der Waals surface area contributed by atoms with Gasteiger partial charge >= 0.3 is 0 Å². The molecule has 0 N–H and O–H groups in total. The van der Waals surface area contributed by atoms with E-state index in [0.717, 1.165) is 19.1 Å². The van der Waals surface area contributed by atoms with E-state index in [4.69, 9.17) is 9.47 Å². The predicted molar refractivity (Wildman–Crippen MR) is 104 cm³/mol. The topological polar surface area (TPSA) is 18.5 Å². The molecule has 144 valence electrons. The van der Waals surface area contributed by atoms with Crippen LogP contribution in [0.15, 0.2) is 0 Å². The lowest BCUT2D eigenvalue weighted by Crippen LogP contribution is -2.31. The molecule has 1 saturated carbocycles. The summed E-state index contributed by atoms with van der Waals surface area (Å²) in [6.07, 6.45) is 18.4. The van der Waals surface area contributed by atoms with Crippen molar-refractivity contribution in [3.63, 3.8) is 0 Å². The molecule has 0 amide bonds. The van der Waals surface area contributed by atoms with Crippen LogP contribution in [-0.2, 0) is 9.47 Å². The minimum atomic E-state index is 0.0647. The maximum absolute atomic E-state index is 6.20. The second-order valence-corrected chi connectivity index (χ2v) is 7.96. The highest BCUT2D eigenvalue weighted by molar-refractivity contribution is 4.73. The van der Waals surface area contributed by atoms with Gasteiger partial charge in [0.15, 0.2) is 6.29 Å². The summed E-state index contributed by atoms with van der Waals surface area (Å²) in [5, 5.41) is 0. The van der Waals surface area contributed by atoms with E-state index in [1.807, 2.05) is 0 Å². The maximum atomic E-state index is 6.20. The fraction of sp³-hybridized carbons (Fsp3) is 1.00. The van der Waals surface area contributed by atoms with Gasteiger partial charge in [-0.2, -0.15) is 0 Å². The van der Waals surface area contributed by atoms with E-state index in [-0.39, 0.29) is 6.29 Å². The van der Waals surface area contributed by atoms with Crippen LogP contribution in [0.4, 0.5) is 0 Å². The lowest BCUT2D eigenvalue weighted by Gasteiger charge is -2.32. The quantitative estimate of drug-likeness (QED) is 0.233. The van der Waals surface area contributed by atoms with Crippen molar-refractivity contribution >= 4 is 0 Å². The third kappa shape index (κ3) is 10.7. The number of unbranched alkanes of at least 4 members (excludes halogenated alkanes) is 8. The van der Waals surface area contributed by atoms with Crippen LogP contribution in [0.2, 0.25) is 0 Å². The van der Waals surface area contributed by atoms with Gasteiger partial charge in [0.05, 0.1) is 0 Å². The number of rotatable bonds is 15. The Labute approximate surface area is 152 Å². The first-order valence-electron chi connectivity index (χ1n) is 11.0. The molecule has 0 aliphatic heterocycles. The van der Waals surface area contributed by atoms with Crippen molar-refractivity contribution in [2.75, 3.05) is 13.2 Å². The Morgan fingerprint density at radius 1 is 0.667 bits per heavy atom. The molecule has 0 radical (unpaired) electrons. The third-order valence-electron chi connectivity index (χ3n) is 5.51. The second-order valence-electron chi connectivity index (χ2n) is 7.96. The highest BCUT2D eigenvalue weighted by Gasteiger charge is 2.27. The van der Waals surface area contributed by atoms with E-state index in [1.54, 1.807) is 0 Å². The maximum Gasteiger partial charge on any atom is 0.160 e. The molecule has 1 fully saturated rings. The minimum absolute atomic E-state index is 0.0647. The van der Waals surface area contributed by atoms with Crippen molar-refractivity contribution in [2.45, 2.75) is 117 Å². The zero-order valence-electron chi connectivity index (χ0n) is 16.9. The van der Waals surface area contributed by atoms with Gasteiger partial charge < -0.3 is 9.47 Å². The first-order chi connectivity index (χ1) is 11.8. The third-order valence-corrected chi connectivity index (χ3v) is 5.51. The van der Waals surface area contributed by atoms with Crippen LogP contribution in [0, 0.1) is 11.8 Å². The average molecular weight is 341 g/mol. The predicted octanol–water partition coefficient (Wildman–Crippen LogP) is 7.11. The van der Waals surface area contributed by atoms with Gasteiger partial charge in [0.1, 0.15) is 0 Å². The van der Waals surface area contributed by atoms with Crippen molar-refractivity contribution in [3.8, 4) is 0 Å². The molecule has 0 saturated heterocycles. The summed E-state index contributed by atoms with van der Waals surface area (Å²) in [6, 6.07) is 0. The lowest BCUT2D eigenvalue weighted by atomic mass is 9.82. The van der Waals surface area contributed by atoms with Crippen molar-refractivity contribution in [1.29, 1.82) is 0 Å². The van der Waals surface area contributed by atoms with E-state index >= 15 is 0 Å².